The van der Waals surface area contributed by atoms with E-state index in [2.05, 4.69) is 18.3 Å². The zero-order chi connectivity index (χ0) is 14.0. The number of ether oxygens (including phenoxy) is 1. The van der Waals surface area contributed by atoms with Crippen LogP contribution in [0.3, 0.4) is 0 Å². The van der Waals surface area contributed by atoms with Crippen molar-refractivity contribution < 1.29 is 4.74 Å². The number of aryl methyl sites for hydroxylation is 1. The van der Waals surface area contributed by atoms with Gasteiger partial charge in [0.2, 0.25) is 0 Å². The monoisotopic (exact) mass is 293 g/mol. The van der Waals surface area contributed by atoms with E-state index in [1.165, 1.54) is 50.5 Å². The topological polar surface area (TPSA) is 21.3 Å². The van der Waals surface area contributed by atoms with E-state index < -0.39 is 0 Å². The van der Waals surface area contributed by atoms with Crippen LogP contribution < -0.4 is 5.32 Å². The number of hydrogen-bond donors (Lipinski definition) is 1. The second-order valence-electron chi connectivity index (χ2n) is 6.39. The lowest BCUT2D eigenvalue weighted by Crippen LogP contribution is -2.33. The Balaban J connectivity index is 1.56. The van der Waals surface area contributed by atoms with Gasteiger partial charge in [-0.25, -0.2) is 0 Å². The van der Waals surface area contributed by atoms with Crippen molar-refractivity contribution >= 4 is 17.3 Å². The van der Waals surface area contributed by atoms with E-state index in [9.17, 15) is 0 Å². The predicted octanol–water partition coefficient (Wildman–Crippen LogP) is 4.94. The van der Waals surface area contributed by atoms with E-state index >= 15 is 0 Å². The van der Waals surface area contributed by atoms with E-state index in [0.29, 0.717) is 6.10 Å². The van der Waals surface area contributed by atoms with Crippen molar-refractivity contribution in [3.05, 3.63) is 28.8 Å². The summed E-state index contributed by atoms with van der Waals surface area (Å²) in [6.45, 7) is 2.95. The molecular formula is C17H24ClNO. The maximum absolute atomic E-state index is 6.38. The third-order valence-electron chi connectivity index (χ3n) is 4.75. The summed E-state index contributed by atoms with van der Waals surface area (Å²) >= 11 is 6.22. The van der Waals surface area contributed by atoms with Crippen LogP contribution in [-0.2, 0) is 4.74 Å². The van der Waals surface area contributed by atoms with Crippen LogP contribution >= 0.6 is 11.6 Å². The Morgan fingerprint density at radius 2 is 2.05 bits per heavy atom. The SMILES string of the molecule is Cc1ccc(Cl)c(NCC2CCC3(CCCCC3)O2)c1. The third kappa shape index (κ3) is 3.12. The molecule has 3 rings (SSSR count). The summed E-state index contributed by atoms with van der Waals surface area (Å²) in [5.74, 6) is 0. The highest BCUT2D eigenvalue weighted by Crippen LogP contribution is 2.41. The van der Waals surface area contributed by atoms with Crippen LogP contribution in [0, 0.1) is 6.92 Å². The van der Waals surface area contributed by atoms with Crippen LogP contribution in [0.25, 0.3) is 0 Å². The number of nitrogens with one attached hydrogen (secondary N) is 1. The van der Waals surface area contributed by atoms with Gasteiger partial charge in [-0.2, -0.15) is 0 Å². The van der Waals surface area contributed by atoms with Gasteiger partial charge in [0.25, 0.3) is 0 Å². The average Bonchev–Trinajstić information content (AvgIpc) is 2.84. The third-order valence-corrected chi connectivity index (χ3v) is 5.08. The number of anilines is 1. The van der Waals surface area contributed by atoms with Crippen molar-refractivity contribution in [3.63, 3.8) is 0 Å². The van der Waals surface area contributed by atoms with Crippen molar-refractivity contribution in [1.82, 2.24) is 0 Å². The van der Waals surface area contributed by atoms with Crippen LogP contribution in [0.2, 0.25) is 5.02 Å². The van der Waals surface area contributed by atoms with Gasteiger partial charge in [-0.05, 0) is 50.3 Å². The maximum atomic E-state index is 6.38. The van der Waals surface area contributed by atoms with Gasteiger partial charge >= 0.3 is 0 Å². The molecule has 0 amide bonds. The molecule has 1 N–H and O–H groups in total. The Labute approximate surface area is 126 Å². The molecule has 1 saturated carbocycles. The highest BCUT2D eigenvalue weighted by Gasteiger charge is 2.40. The van der Waals surface area contributed by atoms with Crippen LogP contribution in [-0.4, -0.2) is 18.2 Å². The molecule has 2 fully saturated rings. The second-order valence-corrected chi connectivity index (χ2v) is 6.79. The molecule has 0 radical (unpaired) electrons. The van der Waals surface area contributed by atoms with Crippen LogP contribution in [0.1, 0.15) is 50.5 Å². The van der Waals surface area contributed by atoms with Gasteiger partial charge in [0, 0.05) is 6.54 Å². The van der Waals surface area contributed by atoms with E-state index in [0.717, 1.165) is 17.3 Å². The minimum atomic E-state index is 0.209. The van der Waals surface area contributed by atoms with Gasteiger partial charge in [-0.1, -0.05) is 36.9 Å². The zero-order valence-corrected chi connectivity index (χ0v) is 13.0. The van der Waals surface area contributed by atoms with Crippen molar-refractivity contribution in [2.75, 3.05) is 11.9 Å². The Morgan fingerprint density at radius 3 is 2.85 bits per heavy atom. The molecular weight excluding hydrogens is 270 g/mol. The fourth-order valence-corrected chi connectivity index (χ4v) is 3.79. The first-order chi connectivity index (χ1) is 9.67. The first-order valence-electron chi connectivity index (χ1n) is 7.85. The normalized spacial score (nSPS) is 25.0. The number of benzene rings is 1. The van der Waals surface area contributed by atoms with Gasteiger partial charge in [0.15, 0.2) is 0 Å². The van der Waals surface area contributed by atoms with E-state index in [1.54, 1.807) is 0 Å². The molecule has 1 aromatic carbocycles. The maximum Gasteiger partial charge on any atom is 0.0756 e. The number of rotatable bonds is 3. The Kier molecular flexibility index (Phi) is 4.23. The van der Waals surface area contributed by atoms with E-state index in [4.69, 9.17) is 16.3 Å². The lowest BCUT2D eigenvalue weighted by Gasteiger charge is -2.33. The molecule has 0 aromatic heterocycles. The van der Waals surface area contributed by atoms with Crippen LogP contribution in [0.4, 0.5) is 5.69 Å². The molecule has 110 valence electrons. The van der Waals surface area contributed by atoms with Crippen LogP contribution in [0.15, 0.2) is 18.2 Å². The first-order valence-corrected chi connectivity index (χ1v) is 8.23. The van der Waals surface area contributed by atoms with Gasteiger partial charge < -0.3 is 10.1 Å². The highest BCUT2D eigenvalue weighted by molar-refractivity contribution is 6.33. The van der Waals surface area contributed by atoms with Gasteiger partial charge in [0.05, 0.1) is 22.4 Å². The Morgan fingerprint density at radius 1 is 1.25 bits per heavy atom. The quantitative estimate of drug-likeness (QED) is 0.852. The predicted molar refractivity (Wildman–Crippen MR) is 84.6 cm³/mol. The molecule has 20 heavy (non-hydrogen) atoms. The fraction of sp³-hybridized carbons (Fsp3) is 0.647. The summed E-state index contributed by atoms with van der Waals surface area (Å²) < 4.78 is 6.38. The summed E-state index contributed by atoms with van der Waals surface area (Å²) in [7, 11) is 0. The molecule has 0 bridgehead atoms. The molecule has 2 aliphatic rings. The number of hydrogen-bond acceptors (Lipinski definition) is 2. The van der Waals surface area contributed by atoms with Gasteiger partial charge in [-0.3, -0.25) is 0 Å². The summed E-state index contributed by atoms with van der Waals surface area (Å²) in [6, 6.07) is 6.10. The number of halogens is 1. The van der Waals surface area contributed by atoms with Crippen molar-refractivity contribution in [2.24, 2.45) is 0 Å². The molecule has 1 atom stereocenters. The van der Waals surface area contributed by atoms with E-state index in [-0.39, 0.29) is 5.60 Å². The highest BCUT2D eigenvalue weighted by atomic mass is 35.5. The lowest BCUT2D eigenvalue weighted by atomic mass is 9.83. The molecule has 1 spiro atoms. The summed E-state index contributed by atoms with van der Waals surface area (Å²) in [5, 5.41) is 4.25. The molecule has 2 nitrogen and oxygen atoms in total. The summed E-state index contributed by atoms with van der Waals surface area (Å²) in [4.78, 5) is 0. The average molecular weight is 294 g/mol. The lowest BCUT2D eigenvalue weighted by molar-refractivity contribution is -0.0588. The molecule has 1 aromatic rings. The first kappa shape index (κ1) is 14.2. The smallest absolute Gasteiger partial charge is 0.0756 e. The minimum Gasteiger partial charge on any atom is -0.381 e. The second kappa shape index (κ2) is 5.95. The Hall–Kier alpha value is -0.730. The molecule has 1 saturated heterocycles. The molecule has 1 aliphatic carbocycles. The van der Waals surface area contributed by atoms with Crippen molar-refractivity contribution in [1.29, 1.82) is 0 Å². The molecule has 1 aliphatic heterocycles. The standard InChI is InChI=1S/C17H24ClNO/c1-13-5-6-15(18)16(11-13)19-12-14-7-10-17(20-14)8-3-2-4-9-17/h5-6,11,14,19H,2-4,7-10,12H2,1H3. The molecule has 1 unspecified atom stereocenters. The zero-order valence-electron chi connectivity index (χ0n) is 12.3. The van der Waals surface area contributed by atoms with Crippen LogP contribution in [0.5, 0.6) is 0 Å². The van der Waals surface area contributed by atoms with Gasteiger partial charge in [-0.15, -0.1) is 0 Å². The van der Waals surface area contributed by atoms with Gasteiger partial charge in [0.1, 0.15) is 0 Å². The minimum absolute atomic E-state index is 0.209. The fourth-order valence-electron chi connectivity index (χ4n) is 3.60. The summed E-state index contributed by atoms with van der Waals surface area (Å²) in [6.07, 6.45) is 9.33. The van der Waals surface area contributed by atoms with Crippen molar-refractivity contribution in [3.8, 4) is 0 Å². The Bertz CT molecular complexity index is 468. The van der Waals surface area contributed by atoms with Crippen molar-refractivity contribution in [2.45, 2.75) is 63.6 Å². The van der Waals surface area contributed by atoms with E-state index in [1.807, 2.05) is 12.1 Å². The largest absolute Gasteiger partial charge is 0.381 e. The summed E-state index contributed by atoms with van der Waals surface area (Å²) in [5.41, 5.74) is 2.47. The molecule has 3 heteroatoms. The molecule has 1 heterocycles.